The molecule has 15 heavy (non-hydrogen) atoms. The lowest BCUT2D eigenvalue weighted by atomic mass is 9.85. The van der Waals surface area contributed by atoms with E-state index >= 15 is 0 Å². The molecule has 0 aromatic rings. The van der Waals surface area contributed by atoms with E-state index in [-0.39, 0.29) is 17.8 Å². The lowest BCUT2D eigenvalue weighted by molar-refractivity contribution is -0.153. The highest BCUT2D eigenvalue weighted by molar-refractivity contribution is 5.94. The van der Waals surface area contributed by atoms with Crippen LogP contribution in [0.4, 0.5) is 0 Å². The fraction of sp³-hybridized carbons (Fsp3) is 0.667. The topological polar surface area (TPSA) is 43.4 Å². The molecule has 0 radical (unpaired) electrons. The quantitative estimate of drug-likeness (QED) is 0.408. The van der Waals surface area contributed by atoms with Crippen LogP contribution in [-0.4, -0.2) is 11.9 Å². The first kappa shape index (κ1) is 12.0. The molecule has 3 heteroatoms. The number of cyclic esters (lactones) is 2. The highest BCUT2D eigenvalue weighted by atomic mass is 16.6. The average molecular weight is 210 g/mol. The van der Waals surface area contributed by atoms with Gasteiger partial charge in [0.15, 0.2) is 0 Å². The van der Waals surface area contributed by atoms with Gasteiger partial charge in [0.2, 0.25) is 0 Å². The molecule has 1 aliphatic rings. The largest absolute Gasteiger partial charge is 0.393 e. The first-order chi connectivity index (χ1) is 6.78. The number of carbonyl (C=O) groups is 2. The van der Waals surface area contributed by atoms with Crippen molar-refractivity contribution in [3.8, 4) is 0 Å². The van der Waals surface area contributed by atoms with E-state index in [2.05, 4.69) is 32.1 Å². The Hall–Kier alpha value is -1.12. The molecule has 1 saturated heterocycles. The molecular formula is C12H18O3. The molecular weight excluding hydrogens is 192 g/mol. The van der Waals surface area contributed by atoms with Gasteiger partial charge in [-0.15, -0.1) is 0 Å². The highest BCUT2D eigenvalue weighted by Gasteiger charge is 2.33. The molecule has 3 nitrogen and oxygen atoms in total. The second kappa shape index (κ2) is 4.17. The zero-order valence-electron chi connectivity index (χ0n) is 9.63. The van der Waals surface area contributed by atoms with Gasteiger partial charge in [-0.2, -0.15) is 0 Å². The summed E-state index contributed by atoms with van der Waals surface area (Å²) in [6, 6.07) is 0. The van der Waals surface area contributed by atoms with Crippen molar-refractivity contribution >= 4 is 11.9 Å². The van der Waals surface area contributed by atoms with Crippen molar-refractivity contribution in [2.24, 2.45) is 11.3 Å². The summed E-state index contributed by atoms with van der Waals surface area (Å²) in [7, 11) is 0. The molecule has 0 aliphatic carbocycles. The summed E-state index contributed by atoms with van der Waals surface area (Å²) < 4.78 is 4.49. The molecule has 1 rings (SSSR count). The maximum atomic E-state index is 11.2. The van der Waals surface area contributed by atoms with Gasteiger partial charge in [-0.05, 0) is 18.3 Å². The van der Waals surface area contributed by atoms with E-state index in [1.54, 1.807) is 0 Å². The number of ether oxygens (including phenoxy) is 1. The van der Waals surface area contributed by atoms with Crippen molar-refractivity contribution in [3.63, 3.8) is 0 Å². The van der Waals surface area contributed by atoms with Crippen molar-refractivity contribution in [3.05, 3.63) is 12.2 Å². The van der Waals surface area contributed by atoms with Crippen LogP contribution in [0.1, 0.15) is 40.0 Å². The predicted molar refractivity (Wildman–Crippen MR) is 57.0 cm³/mol. The number of rotatable bonds is 3. The molecule has 1 heterocycles. The van der Waals surface area contributed by atoms with Gasteiger partial charge in [-0.3, -0.25) is 9.59 Å². The zero-order chi connectivity index (χ0) is 11.6. The molecule has 84 valence electrons. The van der Waals surface area contributed by atoms with Crippen LogP contribution >= 0.6 is 0 Å². The van der Waals surface area contributed by atoms with Crippen molar-refractivity contribution < 1.29 is 14.3 Å². The third-order valence-electron chi connectivity index (χ3n) is 2.28. The molecule has 1 atom stereocenters. The van der Waals surface area contributed by atoms with Gasteiger partial charge in [0.25, 0.3) is 0 Å². The van der Waals surface area contributed by atoms with Gasteiger partial charge in [-0.1, -0.05) is 32.9 Å². The molecule has 0 amide bonds. The first-order valence-corrected chi connectivity index (χ1v) is 5.19. The molecule has 0 aromatic heterocycles. The van der Waals surface area contributed by atoms with Crippen LogP contribution in [0.3, 0.4) is 0 Å². The summed E-state index contributed by atoms with van der Waals surface area (Å²) in [4.78, 5) is 22.1. The van der Waals surface area contributed by atoms with Gasteiger partial charge in [0.05, 0.1) is 12.3 Å². The lowest BCUT2D eigenvalue weighted by Gasteiger charge is -2.20. The summed E-state index contributed by atoms with van der Waals surface area (Å²) in [5.74, 6) is -1.10. The normalized spacial score (nSPS) is 21.7. The second-order valence-electron chi connectivity index (χ2n) is 5.39. The minimum absolute atomic E-state index is 0.170. The van der Waals surface area contributed by atoms with Crippen LogP contribution in [0.5, 0.6) is 0 Å². The second-order valence-corrected chi connectivity index (χ2v) is 5.39. The maximum absolute atomic E-state index is 11.2. The molecule has 0 saturated carbocycles. The standard InChI is InChI=1S/C12H18O3/c1-8(7-12(2,3)4)5-9-6-10(13)15-11(9)14/h9H,1,5-7H2,2-4H3/t9-/m0/s1. The number of allylic oxidation sites excluding steroid dienone is 1. The fourth-order valence-corrected chi connectivity index (χ4v) is 1.85. The van der Waals surface area contributed by atoms with Crippen molar-refractivity contribution in [2.75, 3.05) is 0 Å². The summed E-state index contributed by atoms with van der Waals surface area (Å²) in [5, 5.41) is 0. The molecule has 0 aromatic carbocycles. The SMILES string of the molecule is C=C(C[C@H]1CC(=O)OC1=O)CC(C)(C)C. The smallest absolute Gasteiger partial charge is 0.317 e. The van der Waals surface area contributed by atoms with Crippen LogP contribution in [-0.2, 0) is 14.3 Å². The Balaban J connectivity index is 2.45. The Bertz CT molecular complexity index is 296. The van der Waals surface area contributed by atoms with Crippen molar-refractivity contribution in [2.45, 2.75) is 40.0 Å². The average Bonchev–Trinajstić information content (AvgIpc) is 2.25. The molecule has 0 bridgehead atoms. The van der Waals surface area contributed by atoms with Crippen molar-refractivity contribution in [1.82, 2.24) is 0 Å². The van der Waals surface area contributed by atoms with Crippen LogP contribution in [0.15, 0.2) is 12.2 Å². The number of carbonyl (C=O) groups excluding carboxylic acids is 2. The Morgan fingerprint density at radius 3 is 2.47 bits per heavy atom. The third kappa shape index (κ3) is 3.86. The molecule has 0 N–H and O–H groups in total. The van der Waals surface area contributed by atoms with Gasteiger partial charge in [-0.25, -0.2) is 0 Å². The van der Waals surface area contributed by atoms with Crippen LogP contribution in [0.2, 0.25) is 0 Å². The minimum atomic E-state index is -0.409. The van der Waals surface area contributed by atoms with E-state index in [1.165, 1.54) is 0 Å². The Morgan fingerprint density at radius 2 is 2.07 bits per heavy atom. The van der Waals surface area contributed by atoms with Gasteiger partial charge < -0.3 is 4.74 Å². The monoisotopic (exact) mass is 210 g/mol. The highest BCUT2D eigenvalue weighted by Crippen LogP contribution is 2.30. The number of hydrogen-bond acceptors (Lipinski definition) is 3. The summed E-state index contributed by atoms with van der Waals surface area (Å²) in [6.07, 6.45) is 1.65. The van der Waals surface area contributed by atoms with E-state index < -0.39 is 11.9 Å². The van der Waals surface area contributed by atoms with Crippen LogP contribution in [0.25, 0.3) is 0 Å². The number of hydrogen-bond donors (Lipinski definition) is 0. The van der Waals surface area contributed by atoms with E-state index in [4.69, 9.17) is 0 Å². The summed E-state index contributed by atoms with van der Waals surface area (Å²) in [6.45, 7) is 10.3. The predicted octanol–water partition coefficient (Wildman–Crippen LogP) is 2.46. The molecule has 1 aliphatic heterocycles. The van der Waals surface area contributed by atoms with Crippen molar-refractivity contribution in [1.29, 1.82) is 0 Å². The van der Waals surface area contributed by atoms with Gasteiger partial charge in [0, 0.05) is 0 Å². The maximum Gasteiger partial charge on any atom is 0.317 e. The zero-order valence-corrected chi connectivity index (χ0v) is 9.63. The Morgan fingerprint density at radius 1 is 1.47 bits per heavy atom. The fourth-order valence-electron chi connectivity index (χ4n) is 1.85. The Labute approximate surface area is 90.5 Å². The molecule has 1 fully saturated rings. The van der Waals surface area contributed by atoms with E-state index in [0.717, 1.165) is 12.0 Å². The van der Waals surface area contributed by atoms with Gasteiger partial charge in [0.1, 0.15) is 0 Å². The minimum Gasteiger partial charge on any atom is -0.393 e. The van der Waals surface area contributed by atoms with E-state index in [1.807, 2.05) is 0 Å². The van der Waals surface area contributed by atoms with Crippen LogP contribution < -0.4 is 0 Å². The first-order valence-electron chi connectivity index (χ1n) is 5.19. The third-order valence-corrected chi connectivity index (χ3v) is 2.28. The lowest BCUT2D eigenvalue weighted by Crippen LogP contribution is -2.12. The summed E-state index contributed by atoms with van der Waals surface area (Å²) in [5.41, 5.74) is 1.18. The van der Waals surface area contributed by atoms with E-state index in [9.17, 15) is 9.59 Å². The molecule has 0 unspecified atom stereocenters. The summed E-state index contributed by atoms with van der Waals surface area (Å²) >= 11 is 0. The van der Waals surface area contributed by atoms with Gasteiger partial charge >= 0.3 is 11.9 Å². The Kier molecular flexibility index (Phi) is 3.32. The van der Waals surface area contributed by atoms with E-state index in [0.29, 0.717) is 6.42 Å². The molecule has 0 spiro atoms. The van der Waals surface area contributed by atoms with Crippen LogP contribution in [0, 0.1) is 11.3 Å². The number of esters is 2.